The lowest BCUT2D eigenvalue weighted by atomic mass is 9.98. The van der Waals surface area contributed by atoms with Crippen molar-refractivity contribution < 1.29 is 9.18 Å². The third kappa shape index (κ3) is 3.10. The summed E-state index contributed by atoms with van der Waals surface area (Å²) in [5, 5.41) is 3.36. The molecule has 0 aliphatic carbocycles. The molecule has 1 fully saturated rings. The van der Waals surface area contributed by atoms with Crippen LogP contribution in [0.25, 0.3) is 0 Å². The van der Waals surface area contributed by atoms with Gasteiger partial charge in [0.1, 0.15) is 12.0 Å². The van der Waals surface area contributed by atoms with Gasteiger partial charge in [-0.2, -0.15) is 0 Å². The highest BCUT2D eigenvalue weighted by atomic mass is 19.1. The number of amides is 1. The van der Waals surface area contributed by atoms with Crippen LogP contribution in [0.1, 0.15) is 52.3 Å². The van der Waals surface area contributed by atoms with Gasteiger partial charge in [0.15, 0.2) is 0 Å². The van der Waals surface area contributed by atoms with E-state index in [2.05, 4.69) is 26.1 Å². The molecule has 0 radical (unpaired) electrons. The van der Waals surface area contributed by atoms with Crippen LogP contribution in [0, 0.1) is 11.7 Å². The van der Waals surface area contributed by atoms with Gasteiger partial charge in [-0.05, 0) is 36.5 Å². The van der Waals surface area contributed by atoms with Crippen molar-refractivity contribution in [3.05, 3.63) is 35.6 Å². The van der Waals surface area contributed by atoms with E-state index in [9.17, 15) is 9.18 Å². The SMILES string of the molecule is CCC1NC(c2cccc(F)c2)N(C(CC)C(C)C)C1=O. The van der Waals surface area contributed by atoms with Crippen molar-refractivity contribution in [2.75, 3.05) is 0 Å². The smallest absolute Gasteiger partial charge is 0.241 e. The van der Waals surface area contributed by atoms with Crippen LogP contribution in [0.15, 0.2) is 24.3 Å². The second kappa shape index (κ2) is 6.56. The number of nitrogens with zero attached hydrogens (tertiary/aromatic N) is 1. The molecule has 1 aromatic rings. The standard InChI is InChI=1S/C17H25FN2O/c1-5-14-17(21)20(15(6-2)11(3)4)16(19-14)12-8-7-9-13(18)10-12/h7-11,14-16,19H,5-6H2,1-4H3. The highest BCUT2D eigenvalue weighted by molar-refractivity contribution is 5.84. The van der Waals surface area contributed by atoms with Crippen LogP contribution in [0.5, 0.6) is 0 Å². The van der Waals surface area contributed by atoms with Gasteiger partial charge in [0, 0.05) is 6.04 Å². The number of carbonyl (C=O) groups is 1. The van der Waals surface area contributed by atoms with E-state index in [1.807, 2.05) is 17.9 Å². The molecule has 3 unspecified atom stereocenters. The highest BCUT2D eigenvalue weighted by Gasteiger charge is 2.42. The first-order valence-electron chi connectivity index (χ1n) is 7.83. The number of hydrogen-bond acceptors (Lipinski definition) is 2. The Morgan fingerprint density at radius 3 is 2.57 bits per heavy atom. The molecule has 1 heterocycles. The highest BCUT2D eigenvalue weighted by Crippen LogP contribution is 2.32. The molecule has 3 atom stereocenters. The first-order chi connectivity index (χ1) is 9.99. The van der Waals surface area contributed by atoms with Gasteiger partial charge >= 0.3 is 0 Å². The van der Waals surface area contributed by atoms with Crippen LogP contribution in [0.4, 0.5) is 4.39 Å². The molecular formula is C17H25FN2O. The Morgan fingerprint density at radius 1 is 1.33 bits per heavy atom. The lowest BCUT2D eigenvalue weighted by Crippen LogP contribution is -2.42. The summed E-state index contributed by atoms with van der Waals surface area (Å²) in [5.41, 5.74) is 0.818. The van der Waals surface area contributed by atoms with E-state index in [-0.39, 0.29) is 30.0 Å². The van der Waals surface area contributed by atoms with Crippen molar-refractivity contribution in [3.8, 4) is 0 Å². The van der Waals surface area contributed by atoms with Crippen molar-refractivity contribution >= 4 is 5.91 Å². The van der Waals surface area contributed by atoms with Gasteiger partial charge in [-0.25, -0.2) is 4.39 Å². The second-order valence-corrected chi connectivity index (χ2v) is 6.05. The van der Waals surface area contributed by atoms with E-state index in [1.165, 1.54) is 12.1 Å². The molecule has 21 heavy (non-hydrogen) atoms. The van der Waals surface area contributed by atoms with Crippen LogP contribution in [-0.4, -0.2) is 22.9 Å². The van der Waals surface area contributed by atoms with Crippen molar-refractivity contribution in [1.29, 1.82) is 0 Å². The summed E-state index contributed by atoms with van der Waals surface area (Å²) >= 11 is 0. The van der Waals surface area contributed by atoms with E-state index < -0.39 is 0 Å². The molecule has 1 aliphatic rings. The average molecular weight is 292 g/mol. The minimum Gasteiger partial charge on any atom is -0.318 e. The van der Waals surface area contributed by atoms with Crippen molar-refractivity contribution in [1.82, 2.24) is 10.2 Å². The Labute approximate surface area is 126 Å². The Kier molecular flexibility index (Phi) is 4.99. The van der Waals surface area contributed by atoms with Crippen LogP contribution >= 0.6 is 0 Å². The number of rotatable bonds is 5. The van der Waals surface area contributed by atoms with Gasteiger partial charge in [0.25, 0.3) is 0 Å². The number of nitrogens with one attached hydrogen (secondary N) is 1. The minimum absolute atomic E-state index is 0.132. The zero-order valence-corrected chi connectivity index (χ0v) is 13.3. The largest absolute Gasteiger partial charge is 0.318 e. The van der Waals surface area contributed by atoms with Crippen molar-refractivity contribution in [2.24, 2.45) is 5.92 Å². The number of halogens is 1. The predicted molar refractivity (Wildman–Crippen MR) is 82.1 cm³/mol. The van der Waals surface area contributed by atoms with Crippen molar-refractivity contribution in [2.45, 2.75) is 58.8 Å². The normalized spacial score (nSPS) is 23.9. The molecule has 2 rings (SSSR count). The molecule has 0 saturated carbocycles. The second-order valence-electron chi connectivity index (χ2n) is 6.05. The Hall–Kier alpha value is -1.42. The molecular weight excluding hydrogens is 267 g/mol. The fraction of sp³-hybridized carbons (Fsp3) is 0.588. The van der Waals surface area contributed by atoms with E-state index in [0.717, 1.165) is 18.4 Å². The fourth-order valence-corrected chi connectivity index (χ4v) is 3.22. The molecule has 0 aromatic heterocycles. The van der Waals surface area contributed by atoms with Crippen LogP contribution in [-0.2, 0) is 4.79 Å². The first kappa shape index (κ1) is 16.0. The average Bonchev–Trinajstić information content (AvgIpc) is 2.77. The molecule has 116 valence electrons. The van der Waals surface area contributed by atoms with E-state index in [0.29, 0.717) is 5.92 Å². The van der Waals surface area contributed by atoms with Gasteiger partial charge in [0.2, 0.25) is 5.91 Å². The maximum atomic E-state index is 13.5. The molecule has 1 aromatic carbocycles. The van der Waals surface area contributed by atoms with Crippen LogP contribution < -0.4 is 5.32 Å². The van der Waals surface area contributed by atoms with Crippen LogP contribution in [0.2, 0.25) is 0 Å². The fourth-order valence-electron chi connectivity index (χ4n) is 3.22. The maximum Gasteiger partial charge on any atom is 0.241 e. The van der Waals surface area contributed by atoms with Gasteiger partial charge in [0.05, 0.1) is 6.04 Å². The third-order valence-corrected chi connectivity index (χ3v) is 4.31. The number of carbonyl (C=O) groups excluding carboxylic acids is 1. The Bertz CT molecular complexity index is 503. The van der Waals surface area contributed by atoms with E-state index >= 15 is 0 Å². The zero-order chi connectivity index (χ0) is 15.6. The van der Waals surface area contributed by atoms with Gasteiger partial charge < -0.3 is 4.90 Å². The lowest BCUT2D eigenvalue weighted by Gasteiger charge is -2.35. The topological polar surface area (TPSA) is 32.3 Å². The van der Waals surface area contributed by atoms with Crippen molar-refractivity contribution in [3.63, 3.8) is 0 Å². The summed E-state index contributed by atoms with van der Waals surface area (Å²) in [4.78, 5) is 14.6. The van der Waals surface area contributed by atoms with Gasteiger partial charge in [-0.1, -0.05) is 39.8 Å². The molecule has 1 saturated heterocycles. The summed E-state index contributed by atoms with van der Waals surface area (Å²) in [5.74, 6) is 0.235. The Morgan fingerprint density at radius 2 is 2.05 bits per heavy atom. The molecule has 4 heteroatoms. The molecule has 0 spiro atoms. The molecule has 1 aliphatic heterocycles. The quantitative estimate of drug-likeness (QED) is 0.901. The monoisotopic (exact) mass is 292 g/mol. The summed E-state index contributed by atoms with van der Waals surface area (Å²) < 4.78 is 13.5. The van der Waals surface area contributed by atoms with E-state index in [1.54, 1.807) is 6.07 Å². The number of benzene rings is 1. The summed E-state index contributed by atoms with van der Waals surface area (Å²) in [6.45, 7) is 8.35. The third-order valence-electron chi connectivity index (χ3n) is 4.31. The molecule has 0 bridgehead atoms. The molecule has 1 N–H and O–H groups in total. The molecule has 1 amide bonds. The van der Waals surface area contributed by atoms with Crippen LogP contribution in [0.3, 0.4) is 0 Å². The summed E-state index contributed by atoms with van der Waals surface area (Å²) in [7, 11) is 0. The number of hydrogen-bond donors (Lipinski definition) is 1. The summed E-state index contributed by atoms with van der Waals surface area (Å²) in [6, 6.07) is 6.52. The maximum absolute atomic E-state index is 13.5. The van der Waals surface area contributed by atoms with E-state index in [4.69, 9.17) is 0 Å². The lowest BCUT2D eigenvalue weighted by molar-refractivity contribution is -0.133. The first-order valence-corrected chi connectivity index (χ1v) is 7.83. The Balaban J connectivity index is 2.39. The summed E-state index contributed by atoms with van der Waals surface area (Å²) in [6.07, 6.45) is 1.41. The van der Waals surface area contributed by atoms with Gasteiger partial charge in [-0.3, -0.25) is 10.1 Å². The van der Waals surface area contributed by atoms with Gasteiger partial charge in [-0.15, -0.1) is 0 Å². The molecule has 3 nitrogen and oxygen atoms in total. The zero-order valence-electron chi connectivity index (χ0n) is 13.3. The predicted octanol–water partition coefficient (Wildman–Crippen LogP) is 3.47. The minimum atomic E-state index is -0.265.